The molecule has 0 radical (unpaired) electrons. The third kappa shape index (κ3) is 4.34. The number of ether oxygens (including phenoxy) is 1. The molecule has 1 aromatic rings. The van der Waals surface area contributed by atoms with Crippen LogP contribution < -0.4 is 0 Å². The maximum atomic E-state index is 12.1. The van der Waals surface area contributed by atoms with E-state index >= 15 is 0 Å². The van der Waals surface area contributed by atoms with Crippen LogP contribution in [0.5, 0.6) is 0 Å². The molecule has 20 heavy (non-hydrogen) atoms. The molecule has 0 aromatic heterocycles. The maximum Gasteiger partial charge on any atom is 0.342 e. The van der Waals surface area contributed by atoms with Gasteiger partial charge in [-0.05, 0) is 24.5 Å². The van der Waals surface area contributed by atoms with Crippen LogP contribution in [-0.2, 0) is 14.3 Å². The number of Topliss-reactive ketones (excluding diaryl/α,β-unsaturated/α-hetero) is 1. The third-order valence-corrected chi connectivity index (χ3v) is 3.12. The molecule has 0 N–H and O–H groups in total. The highest BCUT2D eigenvalue weighted by molar-refractivity contribution is 6.22. The van der Waals surface area contributed by atoms with Gasteiger partial charge in [-0.15, -0.1) is 0 Å². The minimum atomic E-state index is -0.508. The van der Waals surface area contributed by atoms with E-state index in [2.05, 4.69) is 0 Å². The quantitative estimate of drug-likeness (QED) is 0.250. The lowest BCUT2D eigenvalue weighted by Crippen LogP contribution is -2.17. The molecule has 0 amide bonds. The van der Waals surface area contributed by atoms with Crippen molar-refractivity contribution in [2.75, 3.05) is 6.61 Å². The summed E-state index contributed by atoms with van der Waals surface area (Å²) in [5, 5.41) is 0. The second-order valence-corrected chi connectivity index (χ2v) is 4.63. The number of carbonyl (C=O) groups excluding carboxylic acids is 2. The molecule has 0 saturated heterocycles. The fourth-order valence-electron chi connectivity index (χ4n) is 1.87. The van der Waals surface area contributed by atoms with E-state index in [4.69, 9.17) is 4.74 Å². The van der Waals surface area contributed by atoms with Gasteiger partial charge in [0.1, 0.15) is 5.57 Å². The van der Waals surface area contributed by atoms with Crippen LogP contribution in [0.2, 0.25) is 0 Å². The van der Waals surface area contributed by atoms with Crippen LogP contribution in [0.3, 0.4) is 0 Å². The highest BCUT2D eigenvalue weighted by Gasteiger charge is 2.21. The van der Waals surface area contributed by atoms with Crippen LogP contribution in [0.25, 0.3) is 5.57 Å². The molecule has 0 fully saturated rings. The number of esters is 1. The zero-order valence-electron chi connectivity index (χ0n) is 12.4. The second kappa shape index (κ2) is 8.31. The van der Waals surface area contributed by atoms with Crippen molar-refractivity contribution in [1.29, 1.82) is 0 Å². The van der Waals surface area contributed by atoms with Crippen molar-refractivity contribution in [2.24, 2.45) is 0 Å². The smallest absolute Gasteiger partial charge is 0.342 e. The third-order valence-electron chi connectivity index (χ3n) is 3.12. The van der Waals surface area contributed by atoms with Gasteiger partial charge in [-0.1, -0.05) is 50.6 Å². The first-order chi connectivity index (χ1) is 9.61. The molecule has 0 atom stereocenters. The molecule has 1 aromatic carbocycles. The van der Waals surface area contributed by atoms with Gasteiger partial charge < -0.3 is 4.74 Å². The Kier molecular flexibility index (Phi) is 6.71. The molecule has 0 bridgehead atoms. The van der Waals surface area contributed by atoms with E-state index in [-0.39, 0.29) is 11.4 Å². The molecule has 1 rings (SSSR count). The van der Waals surface area contributed by atoms with E-state index in [0.29, 0.717) is 18.6 Å². The van der Waals surface area contributed by atoms with Gasteiger partial charge in [-0.3, -0.25) is 4.79 Å². The zero-order chi connectivity index (χ0) is 15.0. The van der Waals surface area contributed by atoms with Crippen LogP contribution >= 0.6 is 0 Å². The molecule has 0 spiro atoms. The predicted octanol–water partition coefficient (Wildman–Crippen LogP) is 3.78. The summed E-state index contributed by atoms with van der Waals surface area (Å²) in [6.45, 7) is 5.92. The number of hydrogen-bond donors (Lipinski definition) is 0. The van der Waals surface area contributed by atoms with E-state index < -0.39 is 5.97 Å². The zero-order valence-corrected chi connectivity index (χ0v) is 12.4. The predicted molar refractivity (Wildman–Crippen MR) is 80.2 cm³/mol. The van der Waals surface area contributed by atoms with Gasteiger partial charge in [-0.2, -0.15) is 0 Å². The van der Waals surface area contributed by atoms with Gasteiger partial charge in [0.2, 0.25) is 0 Å². The number of hydrogen-bond acceptors (Lipinski definition) is 3. The van der Waals surface area contributed by atoms with Crippen molar-refractivity contribution < 1.29 is 14.3 Å². The molecule has 0 aliphatic rings. The van der Waals surface area contributed by atoms with Crippen LogP contribution in [0, 0.1) is 0 Å². The Morgan fingerprint density at radius 1 is 1.10 bits per heavy atom. The van der Waals surface area contributed by atoms with Crippen LogP contribution in [0.15, 0.2) is 35.9 Å². The van der Waals surface area contributed by atoms with Crippen molar-refractivity contribution in [2.45, 2.75) is 40.0 Å². The first kappa shape index (κ1) is 16.2. The number of ketones is 1. The summed E-state index contributed by atoms with van der Waals surface area (Å²) in [6, 6.07) is 9.44. The van der Waals surface area contributed by atoms with E-state index in [1.807, 2.05) is 37.3 Å². The van der Waals surface area contributed by atoms with Crippen molar-refractivity contribution in [3.05, 3.63) is 41.5 Å². The van der Waals surface area contributed by atoms with Crippen LogP contribution in [-0.4, -0.2) is 18.4 Å². The molecule has 0 saturated carbocycles. The van der Waals surface area contributed by atoms with Gasteiger partial charge in [0, 0.05) is 6.42 Å². The summed E-state index contributed by atoms with van der Waals surface area (Å²) in [5.74, 6) is -0.681. The highest BCUT2D eigenvalue weighted by atomic mass is 16.5. The summed E-state index contributed by atoms with van der Waals surface area (Å²) in [5.41, 5.74) is 1.73. The molecule has 0 aliphatic carbocycles. The fraction of sp³-hybridized carbons (Fsp3) is 0.412. The lowest BCUT2D eigenvalue weighted by Gasteiger charge is -2.11. The Morgan fingerprint density at radius 3 is 2.30 bits per heavy atom. The van der Waals surface area contributed by atoms with Gasteiger partial charge >= 0.3 is 5.97 Å². The molecule has 3 nitrogen and oxygen atoms in total. The average Bonchev–Trinajstić information content (AvgIpc) is 2.48. The van der Waals surface area contributed by atoms with Crippen molar-refractivity contribution >= 4 is 17.3 Å². The van der Waals surface area contributed by atoms with E-state index in [1.54, 1.807) is 13.8 Å². The summed E-state index contributed by atoms with van der Waals surface area (Å²) in [7, 11) is 0. The van der Waals surface area contributed by atoms with Crippen molar-refractivity contribution in [3.63, 3.8) is 0 Å². The Hall–Kier alpha value is -1.90. The molecule has 0 unspecified atom stereocenters. The molecule has 0 aliphatic heterocycles. The standard InChI is InChI=1S/C17H22O3/c1-4-6-12-20-17(19)16(15(18)5-2)13(3)14-10-8-7-9-11-14/h7-11H,4-6,12H2,1-3H3. The monoisotopic (exact) mass is 274 g/mol. The van der Waals surface area contributed by atoms with Gasteiger partial charge in [0.05, 0.1) is 6.61 Å². The summed E-state index contributed by atoms with van der Waals surface area (Å²) in [6.07, 6.45) is 2.05. The lowest BCUT2D eigenvalue weighted by molar-refractivity contribution is -0.140. The lowest BCUT2D eigenvalue weighted by atomic mass is 9.97. The van der Waals surface area contributed by atoms with E-state index in [1.165, 1.54) is 0 Å². The number of carbonyl (C=O) groups is 2. The van der Waals surface area contributed by atoms with Crippen LogP contribution in [0.4, 0.5) is 0 Å². The number of allylic oxidation sites excluding steroid dienone is 1. The topological polar surface area (TPSA) is 43.4 Å². The number of benzene rings is 1. The molecular formula is C17H22O3. The van der Waals surface area contributed by atoms with Gasteiger partial charge in [0.25, 0.3) is 0 Å². The number of unbranched alkanes of at least 4 members (excludes halogenated alkanes) is 1. The average molecular weight is 274 g/mol. The molecular weight excluding hydrogens is 252 g/mol. The van der Waals surface area contributed by atoms with Gasteiger partial charge in [-0.25, -0.2) is 4.79 Å². The first-order valence-electron chi connectivity index (χ1n) is 7.08. The van der Waals surface area contributed by atoms with Crippen LogP contribution in [0.1, 0.15) is 45.6 Å². The minimum Gasteiger partial charge on any atom is -0.462 e. The molecule has 3 heteroatoms. The fourth-order valence-corrected chi connectivity index (χ4v) is 1.87. The summed E-state index contributed by atoms with van der Waals surface area (Å²) >= 11 is 0. The maximum absolute atomic E-state index is 12.1. The van der Waals surface area contributed by atoms with Crippen molar-refractivity contribution in [1.82, 2.24) is 0 Å². The Bertz CT molecular complexity index is 486. The summed E-state index contributed by atoms with van der Waals surface area (Å²) in [4.78, 5) is 24.2. The van der Waals surface area contributed by atoms with Gasteiger partial charge in [0.15, 0.2) is 5.78 Å². The Balaban J connectivity index is 3.05. The van der Waals surface area contributed by atoms with E-state index in [9.17, 15) is 9.59 Å². The molecule has 0 heterocycles. The van der Waals surface area contributed by atoms with Crippen molar-refractivity contribution in [3.8, 4) is 0 Å². The number of rotatable bonds is 7. The Labute approximate surface area is 120 Å². The highest BCUT2D eigenvalue weighted by Crippen LogP contribution is 2.20. The molecule has 108 valence electrons. The largest absolute Gasteiger partial charge is 0.462 e. The first-order valence-corrected chi connectivity index (χ1v) is 7.08. The van der Waals surface area contributed by atoms with E-state index in [0.717, 1.165) is 18.4 Å². The Morgan fingerprint density at radius 2 is 1.75 bits per heavy atom. The normalized spacial score (nSPS) is 11.8. The summed E-state index contributed by atoms with van der Waals surface area (Å²) < 4.78 is 5.19. The second-order valence-electron chi connectivity index (χ2n) is 4.63. The minimum absolute atomic E-state index is 0.173. The SMILES string of the molecule is CCCCOC(=O)C(C(=O)CC)=C(C)c1ccccc1.